The first kappa shape index (κ1) is 22.3. The summed E-state index contributed by atoms with van der Waals surface area (Å²) < 4.78 is 11.2. The summed E-state index contributed by atoms with van der Waals surface area (Å²) in [7, 11) is 0. The molecule has 164 valence electrons. The van der Waals surface area contributed by atoms with Crippen LogP contribution in [0.1, 0.15) is 66.4 Å². The fourth-order valence-electron chi connectivity index (χ4n) is 4.96. The molecule has 30 heavy (non-hydrogen) atoms. The minimum absolute atomic E-state index is 0.0792. The van der Waals surface area contributed by atoms with Crippen LogP contribution in [-0.4, -0.2) is 29.1 Å². The minimum Gasteiger partial charge on any atom is -0.481 e. The number of carbonyl (C=O) groups is 1. The van der Waals surface area contributed by atoms with Crippen molar-refractivity contribution >= 4 is 16.9 Å². The summed E-state index contributed by atoms with van der Waals surface area (Å²) in [6.45, 7) is 12.7. The number of benzene rings is 1. The third kappa shape index (κ3) is 5.42. The average Bonchev–Trinajstić information content (AvgIpc) is 2.58. The lowest BCUT2D eigenvalue weighted by atomic mass is 9.79. The summed E-state index contributed by atoms with van der Waals surface area (Å²) >= 11 is 0. The number of fused-ring (bicyclic) bond motifs is 1. The number of ether oxygens (including phenoxy) is 1. The van der Waals surface area contributed by atoms with Gasteiger partial charge in [0.2, 0.25) is 0 Å². The van der Waals surface area contributed by atoms with Crippen LogP contribution >= 0.6 is 0 Å². The van der Waals surface area contributed by atoms with Crippen molar-refractivity contribution in [2.24, 2.45) is 0 Å². The second-order valence-electron chi connectivity index (χ2n) is 9.99. The van der Waals surface area contributed by atoms with Gasteiger partial charge in [-0.1, -0.05) is 13.3 Å². The smallest absolute Gasteiger partial charge is 0.336 e. The first-order valence-electron chi connectivity index (χ1n) is 10.9. The van der Waals surface area contributed by atoms with E-state index in [4.69, 9.17) is 9.15 Å². The fraction of sp³-hybridized carbons (Fsp3) is 0.583. The van der Waals surface area contributed by atoms with Gasteiger partial charge in [0.05, 0.1) is 11.1 Å². The van der Waals surface area contributed by atoms with Crippen molar-refractivity contribution in [1.29, 1.82) is 0 Å². The Kier molecular flexibility index (Phi) is 6.27. The van der Waals surface area contributed by atoms with Gasteiger partial charge in [-0.2, -0.15) is 0 Å². The Labute approximate surface area is 178 Å². The van der Waals surface area contributed by atoms with Gasteiger partial charge in [0.1, 0.15) is 11.3 Å². The van der Waals surface area contributed by atoms with Gasteiger partial charge in [0.15, 0.2) is 6.10 Å². The largest absolute Gasteiger partial charge is 0.481 e. The van der Waals surface area contributed by atoms with Crippen molar-refractivity contribution in [3.05, 3.63) is 40.2 Å². The van der Waals surface area contributed by atoms with Crippen LogP contribution in [0.15, 0.2) is 33.5 Å². The van der Waals surface area contributed by atoms with Crippen LogP contribution in [0.3, 0.4) is 0 Å². The molecule has 0 radical (unpaired) electrons. The zero-order valence-electron chi connectivity index (χ0n) is 19.0. The van der Waals surface area contributed by atoms with E-state index in [-0.39, 0.29) is 28.7 Å². The number of aryl methyl sites for hydroxylation is 1. The van der Waals surface area contributed by atoms with Crippen molar-refractivity contribution in [3.63, 3.8) is 0 Å². The number of carbonyl (C=O) groups excluding carboxylic acids is 1. The standard InChI is InChI=1S/C24H34N2O4/c1-7-8-16-11-21(27)30-20-12-18(9-10-19(16)20)29-15(2)22(28)25-17-13-23(3,4)26-24(5,6)14-17/h9-12,15,17,26H,7-8,13-14H2,1-6H3,(H,25,28)/p+1/t15-/m1/s1. The Morgan fingerprint density at radius 2 is 1.90 bits per heavy atom. The van der Waals surface area contributed by atoms with Gasteiger partial charge < -0.3 is 19.8 Å². The van der Waals surface area contributed by atoms with Crippen LogP contribution in [0.2, 0.25) is 0 Å². The van der Waals surface area contributed by atoms with Crippen LogP contribution in [0.25, 0.3) is 11.0 Å². The van der Waals surface area contributed by atoms with E-state index in [1.165, 1.54) is 0 Å². The van der Waals surface area contributed by atoms with Gasteiger partial charge in [-0.25, -0.2) is 4.79 Å². The third-order valence-electron chi connectivity index (χ3n) is 5.68. The maximum Gasteiger partial charge on any atom is 0.336 e. The van der Waals surface area contributed by atoms with Gasteiger partial charge in [-0.3, -0.25) is 4.79 Å². The molecule has 0 aliphatic carbocycles. The third-order valence-corrected chi connectivity index (χ3v) is 5.68. The molecule has 6 nitrogen and oxygen atoms in total. The molecule has 0 spiro atoms. The summed E-state index contributed by atoms with van der Waals surface area (Å²) in [5.41, 5.74) is 1.25. The van der Waals surface area contributed by atoms with Crippen molar-refractivity contribution in [3.8, 4) is 5.75 Å². The molecule has 1 aliphatic heterocycles. The highest BCUT2D eigenvalue weighted by molar-refractivity contribution is 5.83. The molecule has 2 heterocycles. The summed E-state index contributed by atoms with van der Waals surface area (Å²) in [6.07, 6.45) is 2.93. The topological polar surface area (TPSA) is 85.1 Å². The van der Waals surface area contributed by atoms with E-state index in [1.807, 2.05) is 12.1 Å². The van der Waals surface area contributed by atoms with Crippen molar-refractivity contribution in [1.82, 2.24) is 5.32 Å². The molecule has 1 fully saturated rings. The van der Waals surface area contributed by atoms with Crippen LogP contribution in [-0.2, 0) is 11.2 Å². The van der Waals surface area contributed by atoms with Gasteiger partial charge in [-0.15, -0.1) is 0 Å². The zero-order chi connectivity index (χ0) is 22.1. The molecular formula is C24H35N2O4+. The Balaban J connectivity index is 1.70. The van der Waals surface area contributed by atoms with E-state index in [0.717, 1.165) is 36.6 Å². The SMILES string of the molecule is CCCc1cc(=O)oc2cc(O[C@H](C)C(=O)NC3CC(C)(C)[NH2+]C(C)(C)C3)ccc12. The number of rotatable bonds is 6. The molecule has 0 saturated carbocycles. The highest BCUT2D eigenvalue weighted by atomic mass is 16.5. The molecule has 1 atom stereocenters. The number of quaternary nitrogens is 1. The van der Waals surface area contributed by atoms with Gasteiger partial charge >= 0.3 is 5.63 Å². The van der Waals surface area contributed by atoms with Crippen LogP contribution < -0.4 is 21.0 Å². The molecular weight excluding hydrogens is 380 g/mol. The number of nitrogens with two attached hydrogens (primary N) is 1. The van der Waals surface area contributed by atoms with E-state index < -0.39 is 6.10 Å². The molecule has 0 unspecified atom stereocenters. The Morgan fingerprint density at radius 3 is 2.53 bits per heavy atom. The molecule has 2 aromatic rings. The predicted molar refractivity (Wildman–Crippen MR) is 118 cm³/mol. The number of piperidine rings is 1. The maximum absolute atomic E-state index is 12.8. The first-order chi connectivity index (χ1) is 14.0. The molecule has 3 rings (SSSR count). The van der Waals surface area contributed by atoms with Gasteiger partial charge in [0, 0.05) is 36.4 Å². The van der Waals surface area contributed by atoms with E-state index in [1.54, 1.807) is 19.1 Å². The summed E-state index contributed by atoms with van der Waals surface area (Å²) in [5, 5.41) is 6.46. The number of nitrogens with one attached hydrogen (secondary N) is 1. The quantitative estimate of drug-likeness (QED) is 0.711. The summed E-state index contributed by atoms with van der Waals surface area (Å²) in [6, 6.07) is 7.08. The van der Waals surface area contributed by atoms with E-state index in [2.05, 4.69) is 45.3 Å². The fourth-order valence-corrected chi connectivity index (χ4v) is 4.96. The van der Waals surface area contributed by atoms with Crippen molar-refractivity contribution in [2.75, 3.05) is 0 Å². The molecule has 6 heteroatoms. The van der Waals surface area contributed by atoms with Crippen LogP contribution in [0.5, 0.6) is 5.75 Å². The number of hydrogen-bond acceptors (Lipinski definition) is 4. The summed E-state index contributed by atoms with van der Waals surface area (Å²) in [5.74, 6) is 0.384. The number of hydrogen-bond donors (Lipinski definition) is 2. The molecule has 1 saturated heterocycles. The summed E-state index contributed by atoms with van der Waals surface area (Å²) in [4.78, 5) is 24.6. The minimum atomic E-state index is -0.648. The molecule has 3 N–H and O–H groups in total. The van der Waals surface area contributed by atoms with Gasteiger partial charge in [-0.05, 0) is 58.7 Å². The van der Waals surface area contributed by atoms with Gasteiger partial charge in [0.25, 0.3) is 5.91 Å². The van der Waals surface area contributed by atoms with Crippen LogP contribution in [0, 0.1) is 0 Å². The molecule has 1 aromatic carbocycles. The van der Waals surface area contributed by atoms with Crippen molar-refractivity contribution < 1.29 is 19.3 Å². The van der Waals surface area contributed by atoms with Crippen LogP contribution in [0.4, 0.5) is 0 Å². The highest BCUT2D eigenvalue weighted by Crippen LogP contribution is 2.25. The lowest BCUT2D eigenvalue weighted by molar-refractivity contribution is -0.787. The Bertz CT molecular complexity index is 961. The van der Waals surface area contributed by atoms with Crippen molar-refractivity contribution in [2.45, 2.75) is 90.4 Å². The number of amides is 1. The first-order valence-corrected chi connectivity index (χ1v) is 10.9. The Hall–Kier alpha value is -2.34. The molecule has 1 aromatic heterocycles. The highest BCUT2D eigenvalue weighted by Gasteiger charge is 2.42. The second-order valence-corrected chi connectivity index (χ2v) is 9.99. The molecule has 0 bridgehead atoms. The molecule has 1 amide bonds. The van der Waals surface area contributed by atoms with E-state index >= 15 is 0 Å². The zero-order valence-corrected chi connectivity index (χ0v) is 19.0. The second kappa shape index (κ2) is 8.42. The van der Waals surface area contributed by atoms with E-state index in [9.17, 15) is 9.59 Å². The Morgan fingerprint density at radius 1 is 1.23 bits per heavy atom. The normalized spacial score (nSPS) is 19.4. The molecule has 1 aliphatic rings. The average molecular weight is 416 g/mol. The lowest BCUT2D eigenvalue weighted by Crippen LogP contribution is -3.06. The maximum atomic E-state index is 12.8. The van der Waals surface area contributed by atoms with E-state index in [0.29, 0.717) is 11.3 Å². The monoisotopic (exact) mass is 415 g/mol. The lowest BCUT2D eigenvalue weighted by Gasteiger charge is -2.43. The predicted octanol–water partition coefficient (Wildman–Crippen LogP) is 2.91.